The minimum absolute atomic E-state index is 0.0544. The number of piperidine rings is 1. The number of likely N-dealkylation sites (tertiary alicyclic amines) is 1. The van der Waals surface area contributed by atoms with Crippen LogP contribution in [0.4, 0.5) is 0 Å². The first-order chi connectivity index (χ1) is 7.59. The maximum atomic E-state index is 12.1. The van der Waals surface area contributed by atoms with Crippen LogP contribution in [0.15, 0.2) is 5.51 Å². The molecule has 1 aromatic rings. The van der Waals surface area contributed by atoms with E-state index in [1.54, 1.807) is 5.51 Å². The Kier molecular flexibility index (Phi) is 3.25. The number of aliphatic hydroxyl groups excluding tert-OH is 1. The Morgan fingerprint density at radius 2 is 2.44 bits per heavy atom. The molecular formula is C11H16N2O2S. The Labute approximate surface area is 98.9 Å². The van der Waals surface area contributed by atoms with Gasteiger partial charge in [0, 0.05) is 13.1 Å². The van der Waals surface area contributed by atoms with E-state index in [1.165, 1.54) is 11.3 Å². The van der Waals surface area contributed by atoms with Gasteiger partial charge in [0.05, 0.1) is 17.3 Å². The smallest absolute Gasteiger partial charge is 0.265 e. The molecule has 0 aliphatic carbocycles. The first-order valence-corrected chi connectivity index (χ1v) is 6.35. The van der Waals surface area contributed by atoms with Crippen LogP contribution in [0.25, 0.3) is 0 Å². The van der Waals surface area contributed by atoms with Crippen molar-refractivity contribution in [1.82, 2.24) is 9.88 Å². The fourth-order valence-corrected chi connectivity index (χ4v) is 2.74. The van der Waals surface area contributed by atoms with Crippen molar-refractivity contribution in [3.63, 3.8) is 0 Å². The largest absolute Gasteiger partial charge is 0.393 e. The van der Waals surface area contributed by atoms with Gasteiger partial charge in [0.2, 0.25) is 0 Å². The van der Waals surface area contributed by atoms with Gasteiger partial charge in [0.15, 0.2) is 0 Å². The predicted molar refractivity (Wildman–Crippen MR) is 62.5 cm³/mol. The van der Waals surface area contributed by atoms with Crippen molar-refractivity contribution < 1.29 is 9.90 Å². The van der Waals surface area contributed by atoms with Crippen LogP contribution in [0, 0.1) is 12.8 Å². The summed E-state index contributed by atoms with van der Waals surface area (Å²) in [5.74, 6) is 0.213. The molecule has 88 valence electrons. The quantitative estimate of drug-likeness (QED) is 0.805. The van der Waals surface area contributed by atoms with Crippen molar-refractivity contribution in [3.8, 4) is 0 Å². The van der Waals surface area contributed by atoms with Crippen LogP contribution in [-0.4, -0.2) is 40.1 Å². The molecule has 5 heteroatoms. The molecule has 0 saturated carbocycles. The summed E-state index contributed by atoms with van der Waals surface area (Å²) in [6.45, 7) is 5.11. The molecule has 2 heterocycles. The van der Waals surface area contributed by atoms with E-state index >= 15 is 0 Å². The van der Waals surface area contributed by atoms with Crippen LogP contribution in [0.1, 0.15) is 28.7 Å². The third kappa shape index (κ3) is 2.10. The van der Waals surface area contributed by atoms with Crippen molar-refractivity contribution in [2.45, 2.75) is 26.4 Å². The number of hydrogen-bond acceptors (Lipinski definition) is 4. The molecule has 2 unspecified atom stereocenters. The molecule has 0 bridgehead atoms. The van der Waals surface area contributed by atoms with Crippen LogP contribution in [-0.2, 0) is 0 Å². The Morgan fingerprint density at radius 3 is 3.00 bits per heavy atom. The molecule has 1 fully saturated rings. The molecule has 1 saturated heterocycles. The van der Waals surface area contributed by atoms with Gasteiger partial charge in [-0.15, -0.1) is 11.3 Å². The van der Waals surface area contributed by atoms with Crippen molar-refractivity contribution >= 4 is 17.2 Å². The van der Waals surface area contributed by atoms with Crippen molar-refractivity contribution in [1.29, 1.82) is 0 Å². The average Bonchev–Trinajstić information content (AvgIpc) is 2.67. The van der Waals surface area contributed by atoms with E-state index in [1.807, 2.05) is 18.7 Å². The maximum Gasteiger partial charge on any atom is 0.265 e. The van der Waals surface area contributed by atoms with E-state index in [-0.39, 0.29) is 17.9 Å². The number of hydrogen-bond donors (Lipinski definition) is 1. The monoisotopic (exact) mass is 240 g/mol. The summed E-state index contributed by atoms with van der Waals surface area (Å²) in [5, 5.41) is 9.61. The van der Waals surface area contributed by atoms with Gasteiger partial charge in [-0.3, -0.25) is 4.79 Å². The highest BCUT2D eigenvalue weighted by Crippen LogP contribution is 2.21. The zero-order valence-electron chi connectivity index (χ0n) is 9.51. The molecule has 1 N–H and O–H groups in total. The number of carbonyl (C=O) groups excluding carboxylic acids is 1. The van der Waals surface area contributed by atoms with E-state index < -0.39 is 0 Å². The second-order valence-electron chi connectivity index (χ2n) is 4.35. The number of carbonyl (C=O) groups is 1. The van der Waals surface area contributed by atoms with E-state index in [0.29, 0.717) is 19.5 Å². The lowest BCUT2D eigenvalue weighted by molar-refractivity contribution is 0.0300. The molecule has 0 spiro atoms. The van der Waals surface area contributed by atoms with Crippen LogP contribution in [0.2, 0.25) is 0 Å². The van der Waals surface area contributed by atoms with Gasteiger partial charge in [-0.25, -0.2) is 4.98 Å². The Hall–Kier alpha value is -0.940. The molecule has 4 nitrogen and oxygen atoms in total. The summed E-state index contributed by atoms with van der Waals surface area (Å²) >= 11 is 1.39. The normalized spacial score (nSPS) is 25.8. The van der Waals surface area contributed by atoms with Crippen molar-refractivity contribution in [3.05, 3.63) is 16.1 Å². The van der Waals surface area contributed by atoms with Crippen LogP contribution in [0.5, 0.6) is 0 Å². The fourth-order valence-electron chi connectivity index (χ4n) is 1.97. The topological polar surface area (TPSA) is 53.4 Å². The summed E-state index contributed by atoms with van der Waals surface area (Å²) < 4.78 is 0. The molecule has 2 atom stereocenters. The van der Waals surface area contributed by atoms with Gasteiger partial charge in [0.25, 0.3) is 5.91 Å². The van der Waals surface area contributed by atoms with E-state index in [9.17, 15) is 9.90 Å². The molecule has 1 aliphatic rings. The first-order valence-electron chi connectivity index (χ1n) is 5.47. The van der Waals surface area contributed by atoms with Gasteiger partial charge in [-0.1, -0.05) is 6.92 Å². The predicted octanol–water partition coefficient (Wildman–Crippen LogP) is 1.29. The molecule has 1 aromatic heterocycles. The molecule has 0 radical (unpaired) electrons. The molecule has 2 rings (SSSR count). The van der Waals surface area contributed by atoms with Gasteiger partial charge in [-0.05, 0) is 19.3 Å². The minimum Gasteiger partial charge on any atom is -0.393 e. The van der Waals surface area contributed by atoms with Crippen LogP contribution < -0.4 is 0 Å². The highest BCUT2D eigenvalue weighted by atomic mass is 32.1. The summed E-state index contributed by atoms with van der Waals surface area (Å²) in [7, 11) is 0. The Bertz CT molecular complexity index is 391. The highest BCUT2D eigenvalue weighted by molar-refractivity contribution is 7.11. The standard InChI is InChI=1S/C11H16N2O2S/c1-7-5-13(4-3-9(7)14)11(15)10-8(2)12-6-16-10/h6-7,9,14H,3-5H2,1-2H3. The third-order valence-corrected chi connectivity index (χ3v) is 4.00. The van der Waals surface area contributed by atoms with Crippen LogP contribution in [0.3, 0.4) is 0 Å². The molecule has 1 amide bonds. The number of aromatic nitrogens is 1. The lowest BCUT2D eigenvalue weighted by atomic mass is 9.96. The van der Waals surface area contributed by atoms with Gasteiger partial charge in [-0.2, -0.15) is 0 Å². The zero-order valence-corrected chi connectivity index (χ0v) is 10.3. The van der Waals surface area contributed by atoms with Crippen LogP contribution >= 0.6 is 11.3 Å². The summed E-state index contributed by atoms with van der Waals surface area (Å²) in [4.78, 5) is 18.8. The lowest BCUT2D eigenvalue weighted by Crippen LogP contribution is -2.44. The fraction of sp³-hybridized carbons (Fsp3) is 0.636. The van der Waals surface area contributed by atoms with Gasteiger partial charge < -0.3 is 10.0 Å². The van der Waals surface area contributed by atoms with Crippen molar-refractivity contribution in [2.75, 3.05) is 13.1 Å². The number of nitrogens with zero attached hydrogens (tertiary/aromatic N) is 2. The summed E-state index contributed by atoms with van der Waals surface area (Å²) in [6, 6.07) is 0. The number of aliphatic hydroxyl groups is 1. The SMILES string of the molecule is Cc1ncsc1C(=O)N1CCC(O)C(C)C1. The second kappa shape index (κ2) is 4.51. The first kappa shape index (κ1) is 11.5. The molecule has 1 aliphatic heterocycles. The third-order valence-electron chi connectivity index (χ3n) is 3.09. The maximum absolute atomic E-state index is 12.1. The Morgan fingerprint density at radius 1 is 1.69 bits per heavy atom. The summed E-state index contributed by atoms with van der Waals surface area (Å²) in [6.07, 6.45) is 0.400. The second-order valence-corrected chi connectivity index (χ2v) is 5.21. The number of rotatable bonds is 1. The van der Waals surface area contributed by atoms with E-state index in [4.69, 9.17) is 0 Å². The number of amides is 1. The van der Waals surface area contributed by atoms with Gasteiger partial charge >= 0.3 is 0 Å². The number of thiazole rings is 1. The molecule has 0 aromatic carbocycles. The lowest BCUT2D eigenvalue weighted by Gasteiger charge is -2.34. The summed E-state index contributed by atoms with van der Waals surface area (Å²) in [5.41, 5.74) is 2.50. The van der Waals surface area contributed by atoms with Crippen molar-refractivity contribution in [2.24, 2.45) is 5.92 Å². The number of aryl methyl sites for hydroxylation is 1. The average molecular weight is 240 g/mol. The van der Waals surface area contributed by atoms with E-state index in [2.05, 4.69) is 4.98 Å². The highest BCUT2D eigenvalue weighted by Gasteiger charge is 2.28. The molecule has 16 heavy (non-hydrogen) atoms. The minimum atomic E-state index is -0.272. The molecular weight excluding hydrogens is 224 g/mol. The van der Waals surface area contributed by atoms with E-state index in [0.717, 1.165) is 10.6 Å². The van der Waals surface area contributed by atoms with Gasteiger partial charge in [0.1, 0.15) is 4.88 Å². The Balaban J connectivity index is 2.09. The zero-order chi connectivity index (χ0) is 11.7.